The Hall–Kier alpha value is -0.610. The first-order valence-electron chi connectivity index (χ1n) is 10.2. The van der Waals surface area contributed by atoms with Crippen molar-refractivity contribution in [2.45, 2.75) is 63.8 Å². The van der Waals surface area contributed by atoms with E-state index in [1.165, 1.54) is 50.5 Å². The normalized spacial score (nSPS) is 26.5. The van der Waals surface area contributed by atoms with Crippen LogP contribution in [-0.2, 0) is 4.74 Å². The van der Waals surface area contributed by atoms with Crippen molar-refractivity contribution in [2.75, 3.05) is 32.8 Å². The second kappa shape index (κ2) is 9.36. The lowest BCUT2D eigenvalue weighted by Gasteiger charge is -2.48. The largest absolute Gasteiger partial charge is 0.370 e. The highest BCUT2D eigenvalue weighted by Crippen LogP contribution is 2.37. The Labute approximate surface area is 158 Å². The maximum Gasteiger partial charge on any atom is 0.120 e. The number of benzene rings is 1. The molecule has 2 fully saturated rings. The summed E-state index contributed by atoms with van der Waals surface area (Å²) in [5.41, 5.74) is 5.41. The minimum Gasteiger partial charge on any atom is -0.370 e. The van der Waals surface area contributed by atoms with Crippen LogP contribution in [-0.4, -0.2) is 43.5 Å². The summed E-state index contributed by atoms with van der Waals surface area (Å²) < 4.78 is 6.77. The number of hydrogen-bond acceptors (Lipinski definition) is 2. The number of morpholine rings is 1. The van der Waals surface area contributed by atoms with E-state index >= 15 is 0 Å². The van der Waals surface area contributed by atoms with Crippen molar-refractivity contribution in [3.05, 3.63) is 34.9 Å². The zero-order valence-corrected chi connectivity index (χ0v) is 16.4. The lowest BCUT2D eigenvalue weighted by molar-refractivity contribution is -0.998. The fourth-order valence-corrected chi connectivity index (χ4v) is 4.76. The molecule has 2 aliphatic rings. The van der Waals surface area contributed by atoms with Crippen LogP contribution in [0.25, 0.3) is 0 Å². The van der Waals surface area contributed by atoms with E-state index in [1.807, 2.05) is 12.1 Å². The van der Waals surface area contributed by atoms with Crippen LogP contribution in [0.5, 0.6) is 0 Å². The van der Waals surface area contributed by atoms with E-state index in [9.17, 15) is 0 Å². The standard InChI is InChI=1S/C21H34ClN2O/c1-2-3-4-13-23-24(14-16-25-17-15-24)21-11-7-19(8-12-21)18-5-9-20(22)10-6-18/h5-6,9-10,19,21,23H,2-4,7-8,11-17H2,1H3/q+1. The zero-order valence-electron chi connectivity index (χ0n) is 15.7. The third-order valence-corrected chi connectivity index (χ3v) is 6.47. The van der Waals surface area contributed by atoms with Crippen molar-refractivity contribution < 1.29 is 9.33 Å². The van der Waals surface area contributed by atoms with Gasteiger partial charge in [-0.25, -0.2) is 4.59 Å². The molecular formula is C21H34ClN2O+. The lowest BCUT2D eigenvalue weighted by atomic mass is 9.81. The predicted molar refractivity (Wildman–Crippen MR) is 105 cm³/mol. The molecule has 0 bridgehead atoms. The summed E-state index contributed by atoms with van der Waals surface area (Å²) in [4.78, 5) is 0. The van der Waals surface area contributed by atoms with Crippen LogP contribution in [0.4, 0.5) is 0 Å². The van der Waals surface area contributed by atoms with Gasteiger partial charge in [-0.2, -0.15) is 5.43 Å². The fourth-order valence-electron chi connectivity index (χ4n) is 4.64. The van der Waals surface area contributed by atoms with Crippen LogP contribution in [0.3, 0.4) is 0 Å². The van der Waals surface area contributed by atoms with Gasteiger partial charge in [-0.15, -0.1) is 0 Å². The molecular weight excluding hydrogens is 332 g/mol. The van der Waals surface area contributed by atoms with E-state index in [0.29, 0.717) is 5.92 Å². The van der Waals surface area contributed by atoms with Gasteiger partial charge < -0.3 is 4.74 Å². The molecule has 0 unspecified atom stereocenters. The maximum absolute atomic E-state index is 6.04. The van der Waals surface area contributed by atoms with Gasteiger partial charge in [0.15, 0.2) is 0 Å². The van der Waals surface area contributed by atoms with Crippen LogP contribution in [0.15, 0.2) is 24.3 Å². The van der Waals surface area contributed by atoms with E-state index in [4.69, 9.17) is 16.3 Å². The summed E-state index contributed by atoms with van der Waals surface area (Å²) in [5.74, 6) is 0.703. The molecule has 1 aliphatic heterocycles. The van der Waals surface area contributed by atoms with Gasteiger partial charge in [-0.3, -0.25) is 0 Å². The lowest BCUT2D eigenvalue weighted by Crippen LogP contribution is -2.68. The Morgan fingerprint density at radius 1 is 1.04 bits per heavy atom. The third-order valence-electron chi connectivity index (χ3n) is 6.21. The second-order valence-electron chi connectivity index (χ2n) is 7.77. The number of halogens is 1. The minimum atomic E-state index is 0.703. The average molecular weight is 366 g/mol. The average Bonchev–Trinajstić information content (AvgIpc) is 2.67. The summed E-state index contributed by atoms with van der Waals surface area (Å²) in [7, 11) is 0. The van der Waals surface area contributed by atoms with Gasteiger partial charge in [-0.05, 0) is 42.9 Å². The number of ether oxygens (including phenoxy) is 1. The molecule has 1 N–H and O–H groups in total. The van der Waals surface area contributed by atoms with E-state index < -0.39 is 0 Å². The summed E-state index contributed by atoms with van der Waals surface area (Å²) in [6, 6.07) is 9.25. The highest BCUT2D eigenvalue weighted by Gasteiger charge is 2.41. The third kappa shape index (κ3) is 4.97. The molecule has 0 aromatic heterocycles. The Kier molecular flexibility index (Phi) is 7.18. The number of rotatable bonds is 7. The Balaban J connectivity index is 1.58. The Morgan fingerprint density at radius 2 is 1.72 bits per heavy atom. The van der Waals surface area contributed by atoms with Gasteiger partial charge in [-0.1, -0.05) is 43.5 Å². The van der Waals surface area contributed by atoms with Crippen LogP contribution in [0, 0.1) is 0 Å². The minimum absolute atomic E-state index is 0.703. The van der Waals surface area contributed by atoms with Gasteiger partial charge in [0.1, 0.15) is 19.1 Å². The van der Waals surface area contributed by atoms with E-state index in [2.05, 4.69) is 24.5 Å². The van der Waals surface area contributed by atoms with Crippen LogP contribution in [0.1, 0.15) is 63.4 Å². The molecule has 0 spiro atoms. The molecule has 1 saturated carbocycles. The molecule has 25 heavy (non-hydrogen) atoms. The molecule has 1 aromatic carbocycles. The first kappa shape index (κ1) is 19.2. The number of nitrogens with zero attached hydrogens (tertiary/aromatic N) is 1. The molecule has 140 valence electrons. The van der Waals surface area contributed by atoms with Crippen LogP contribution < -0.4 is 5.43 Å². The number of quaternary nitrogens is 1. The second-order valence-corrected chi connectivity index (χ2v) is 8.20. The molecule has 3 rings (SSSR count). The highest BCUT2D eigenvalue weighted by atomic mass is 35.5. The fraction of sp³-hybridized carbons (Fsp3) is 0.714. The predicted octanol–water partition coefficient (Wildman–Crippen LogP) is 4.91. The van der Waals surface area contributed by atoms with Gasteiger partial charge in [0.2, 0.25) is 0 Å². The first-order valence-corrected chi connectivity index (χ1v) is 10.6. The summed E-state index contributed by atoms with van der Waals surface area (Å²) in [6.45, 7) is 7.47. The molecule has 4 heteroatoms. The van der Waals surface area contributed by atoms with Crippen LogP contribution in [0.2, 0.25) is 5.02 Å². The molecule has 0 amide bonds. The smallest absolute Gasteiger partial charge is 0.120 e. The molecule has 1 saturated heterocycles. The highest BCUT2D eigenvalue weighted by molar-refractivity contribution is 6.30. The number of hydrogen-bond donors (Lipinski definition) is 1. The van der Waals surface area contributed by atoms with E-state index in [-0.39, 0.29) is 0 Å². The summed E-state index contributed by atoms with van der Waals surface area (Å²) in [5, 5.41) is 0.839. The van der Waals surface area contributed by atoms with Crippen molar-refractivity contribution in [3.63, 3.8) is 0 Å². The van der Waals surface area contributed by atoms with Gasteiger partial charge in [0.25, 0.3) is 0 Å². The SMILES string of the molecule is CCCCCN[N+]1(C2CCC(c3ccc(Cl)cc3)CC2)CCOCC1. The first-order chi connectivity index (χ1) is 12.2. The van der Waals surface area contributed by atoms with Crippen molar-refractivity contribution in [3.8, 4) is 0 Å². The summed E-state index contributed by atoms with van der Waals surface area (Å²) >= 11 is 6.04. The van der Waals surface area contributed by atoms with Crippen molar-refractivity contribution in [2.24, 2.45) is 0 Å². The van der Waals surface area contributed by atoms with Gasteiger partial charge >= 0.3 is 0 Å². The van der Waals surface area contributed by atoms with Crippen molar-refractivity contribution in [1.82, 2.24) is 5.43 Å². The van der Waals surface area contributed by atoms with E-state index in [0.717, 1.165) is 48.5 Å². The van der Waals surface area contributed by atoms with Gasteiger partial charge in [0.05, 0.1) is 13.2 Å². The Morgan fingerprint density at radius 3 is 2.36 bits per heavy atom. The van der Waals surface area contributed by atoms with E-state index in [1.54, 1.807) is 0 Å². The summed E-state index contributed by atoms with van der Waals surface area (Å²) in [6.07, 6.45) is 9.12. The molecule has 0 atom stereocenters. The van der Waals surface area contributed by atoms with Crippen molar-refractivity contribution >= 4 is 11.6 Å². The topological polar surface area (TPSA) is 21.3 Å². The number of unbranched alkanes of at least 4 members (excludes halogenated alkanes) is 2. The maximum atomic E-state index is 6.04. The molecule has 1 aliphatic carbocycles. The molecule has 1 heterocycles. The zero-order chi connectivity index (χ0) is 17.5. The van der Waals surface area contributed by atoms with Gasteiger partial charge in [0, 0.05) is 24.4 Å². The molecule has 0 radical (unpaired) electrons. The quantitative estimate of drug-likeness (QED) is 0.547. The van der Waals surface area contributed by atoms with Crippen molar-refractivity contribution in [1.29, 1.82) is 0 Å². The monoisotopic (exact) mass is 365 g/mol. The Bertz CT molecular complexity index is 505. The van der Waals surface area contributed by atoms with Crippen LogP contribution >= 0.6 is 11.6 Å². The number of nitrogens with one attached hydrogen (secondary N) is 1. The molecule has 3 nitrogen and oxygen atoms in total. The molecule has 1 aromatic rings.